The highest BCUT2D eigenvalue weighted by Gasteiger charge is 2.45. The summed E-state index contributed by atoms with van der Waals surface area (Å²) in [5.41, 5.74) is 14.3. The number of para-hydroxylation sites is 1. The summed E-state index contributed by atoms with van der Waals surface area (Å²) >= 11 is 1.88. The fourth-order valence-corrected chi connectivity index (χ4v) is 11.4. The van der Waals surface area contributed by atoms with Gasteiger partial charge in [0.05, 0.1) is 33.1 Å². The molecule has 2 aliphatic heterocycles. The number of rotatable bonds is 3. The summed E-state index contributed by atoms with van der Waals surface area (Å²) in [4.78, 5) is 5.05. The van der Waals surface area contributed by atoms with Crippen LogP contribution in [0.15, 0.2) is 158 Å². The molecule has 1 aromatic heterocycles. The van der Waals surface area contributed by atoms with Crippen LogP contribution in [0.1, 0.15) is 49.9 Å². The molecule has 0 atom stereocenters. The third-order valence-electron chi connectivity index (χ3n) is 12.8. The Hall–Kier alpha value is -6.36. The molecule has 0 fully saturated rings. The largest absolute Gasteiger partial charge is 0.453 e. The lowest BCUT2D eigenvalue weighted by atomic mass is 9.72. The van der Waals surface area contributed by atoms with Crippen LogP contribution in [0, 0.1) is 0 Å². The van der Waals surface area contributed by atoms with Crippen molar-refractivity contribution in [1.82, 2.24) is 0 Å². The molecular formula is C52H38N2OS. The second-order valence-electron chi connectivity index (χ2n) is 16.5. The first-order valence-electron chi connectivity index (χ1n) is 19.5. The lowest BCUT2D eigenvalue weighted by Crippen LogP contribution is -2.34. The Morgan fingerprint density at radius 2 is 1.21 bits per heavy atom. The summed E-state index contributed by atoms with van der Waals surface area (Å²) < 4.78 is 9.54. The quantitative estimate of drug-likeness (QED) is 0.179. The number of thiophene rings is 1. The van der Waals surface area contributed by atoms with Gasteiger partial charge in [-0.05, 0) is 81.7 Å². The second-order valence-corrected chi connectivity index (χ2v) is 17.6. The maximum Gasteiger partial charge on any atom is 0.152 e. The van der Waals surface area contributed by atoms with Gasteiger partial charge in [-0.3, -0.25) is 0 Å². The highest BCUT2D eigenvalue weighted by atomic mass is 32.1. The molecule has 8 aromatic carbocycles. The van der Waals surface area contributed by atoms with Crippen LogP contribution in [0.3, 0.4) is 0 Å². The summed E-state index contributed by atoms with van der Waals surface area (Å²) in [7, 11) is 0. The molecule has 9 aromatic rings. The molecule has 0 bridgehead atoms. The van der Waals surface area contributed by atoms with E-state index >= 15 is 0 Å². The third kappa shape index (κ3) is 4.12. The molecule has 0 unspecified atom stereocenters. The lowest BCUT2D eigenvalue weighted by molar-refractivity contribution is 0.472. The van der Waals surface area contributed by atoms with Gasteiger partial charge in [-0.2, -0.15) is 0 Å². The van der Waals surface area contributed by atoms with Gasteiger partial charge in [-0.25, -0.2) is 0 Å². The van der Waals surface area contributed by atoms with Crippen molar-refractivity contribution in [3.8, 4) is 22.6 Å². The van der Waals surface area contributed by atoms with Crippen LogP contribution < -0.4 is 14.5 Å². The molecule has 56 heavy (non-hydrogen) atoms. The fraction of sp³-hybridized carbons (Fsp3) is 0.115. The van der Waals surface area contributed by atoms with Crippen molar-refractivity contribution in [2.75, 3.05) is 9.80 Å². The summed E-state index contributed by atoms with van der Waals surface area (Å²) in [6.07, 6.45) is 0. The Balaban J connectivity index is 1.19. The lowest BCUT2D eigenvalue weighted by Gasteiger charge is -2.47. The molecule has 3 aliphatic rings. The number of hydrogen-bond donors (Lipinski definition) is 0. The molecule has 0 saturated heterocycles. The molecule has 268 valence electrons. The molecule has 0 amide bonds. The smallest absolute Gasteiger partial charge is 0.152 e. The van der Waals surface area contributed by atoms with Crippen molar-refractivity contribution in [3.05, 3.63) is 180 Å². The minimum Gasteiger partial charge on any atom is -0.453 e. The van der Waals surface area contributed by atoms with Gasteiger partial charge in [0.15, 0.2) is 11.5 Å². The molecule has 0 radical (unpaired) electrons. The standard InChI is InChI=1S/C52H38N2OS/c1-51(2)38-19-9-7-16-34(38)35-26-25-32(30-40(35)51)53(43-22-13-18-37-36-17-8-12-23-46(36)56-50(37)43)42-27-29-45-49-47(42)52(3,4)39-20-10-11-21-41(39)54(49)48-33-15-6-5-14-31(33)24-28-44(48)55-45/h5-30H,1-4H3. The van der Waals surface area contributed by atoms with Gasteiger partial charge < -0.3 is 14.5 Å². The molecule has 12 rings (SSSR count). The van der Waals surface area contributed by atoms with Crippen molar-refractivity contribution >= 4 is 76.4 Å². The Morgan fingerprint density at radius 1 is 0.518 bits per heavy atom. The average molecular weight is 739 g/mol. The van der Waals surface area contributed by atoms with E-state index in [0.29, 0.717) is 0 Å². The highest BCUT2D eigenvalue weighted by Crippen LogP contribution is 2.64. The molecule has 4 heteroatoms. The maximum absolute atomic E-state index is 6.96. The van der Waals surface area contributed by atoms with Gasteiger partial charge >= 0.3 is 0 Å². The monoisotopic (exact) mass is 738 g/mol. The average Bonchev–Trinajstić information content (AvgIpc) is 3.72. The zero-order valence-electron chi connectivity index (χ0n) is 31.7. The minimum absolute atomic E-state index is 0.144. The van der Waals surface area contributed by atoms with Gasteiger partial charge in [-0.15, -0.1) is 11.3 Å². The Morgan fingerprint density at radius 3 is 2.11 bits per heavy atom. The summed E-state index contributed by atoms with van der Waals surface area (Å²) in [5, 5.41) is 4.94. The summed E-state index contributed by atoms with van der Waals surface area (Å²) in [6.45, 7) is 9.53. The van der Waals surface area contributed by atoms with Crippen LogP contribution >= 0.6 is 11.3 Å². The third-order valence-corrected chi connectivity index (χ3v) is 14.0. The van der Waals surface area contributed by atoms with E-state index in [1.165, 1.54) is 75.7 Å². The van der Waals surface area contributed by atoms with E-state index in [9.17, 15) is 0 Å². The number of anilines is 6. The number of nitrogens with zero attached hydrogens (tertiary/aromatic N) is 2. The van der Waals surface area contributed by atoms with Crippen molar-refractivity contribution in [1.29, 1.82) is 0 Å². The fourth-order valence-electron chi connectivity index (χ4n) is 10.2. The molecule has 0 N–H and O–H groups in total. The molecule has 0 saturated carbocycles. The first-order valence-corrected chi connectivity index (χ1v) is 20.3. The SMILES string of the molecule is CC1(C)c2ccccc2-c2ccc(N(c3ccc4c5c3C(C)(C)c3ccccc3N5c3c(ccc5ccccc35)O4)c3cccc4c3sc3ccccc34)cc21. The van der Waals surface area contributed by atoms with Crippen molar-refractivity contribution in [3.63, 3.8) is 0 Å². The van der Waals surface area contributed by atoms with Gasteiger partial charge in [0.25, 0.3) is 0 Å². The van der Waals surface area contributed by atoms with E-state index in [1.807, 2.05) is 11.3 Å². The zero-order valence-corrected chi connectivity index (χ0v) is 32.5. The first-order chi connectivity index (χ1) is 27.3. The summed E-state index contributed by atoms with van der Waals surface area (Å²) in [6, 6.07) is 58.2. The van der Waals surface area contributed by atoms with Crippen LogP contribution in [-0.4, -0.2) is 0 Å². The van der Waals surface area contributed by atoms with Gasteiger partial charge in [0, 0.05) is 42.9 Å². The van der Waals surface area contributed by atoms with E-state index in [1.54, 1.807) is 0 Å². The van der Waals surface area contributed by atoms with Crippen LogP contribution in [0.2, 0.25) is 0 Å². The number of hydrogen-bond acceptors (Lipinski definition) is 4. The van der Waals surface area contributed by atoms with Crippen molar-refractivity contribution in [2.24, 2.45) is 0 Å². The van der Waals surface area contributed by atoms with Crippen LogP contribution in [0.4, 0.5) is 34.1 Å². The normalized spacial score (nSPS) is 15.2. The van der Waals surface area contributed by atoms with E-state index in [2.05, 4.69) is 195 Å². The van der Waals surface area contributed by atoms with E-state index in [4.69, 9.17) is 4.74 Å². The molecular weight excluding hydrogens is 701 g/mol. The van der Waals surface area contributed by atoms with Crippen molar-refractivity contribution in [2.45, 2.75) is 38.5 Å². The van der Waals surface area contributed by atoms with E-state index < -0.39 is 0 Å². The molecule has 0 spiro atoms. The predicted octanol–water partition coefficient (Wildman–Crippen LogP) is 15.2. The van der Waals surface area contributed by atoms with Crippen molar-refractivity contribution < 1.29 is 4.74 Å². The first kappa shape index (κ1) is 31.9. The van der Waals surface area contributed by atoms with Crippen LogP contribution in [-0.2, 0) is 10.8 Å². The Kier molecular flexibility index (Phi) is 6.34. The number of benzene rings is 8. The predicted molar refractivity (Wildman–Crippen MR) is 236 cm³/mol. The van der Waals surface area contributed by atoms with Crippen LogP contribution in [0.25, 0.3) is 42.1 Å². The zero-order chi connectivity index (χ0) is 37.5. The van der Waals surface area contributed by atoms with Gasteiger partial charge in [0.1, 0.15) is 0 Å². The van der Waals surface area contributed by atoms with Gasteiger partial charge in [-0.1, -0.05) is 137 Å². The highest BCUT2D eigenvalue weighted by molar-refractivity contribution is 7.26. The Labute approximate surface area is 330 Å². The maximum atomic E-state index is 6.96. The van der Waals surface area contributed by atoms with E-state index in [-0.39, 0.29) is 10.8 Å². The second kappa shape index (κ2) is 11.1. The Bertz CT molecular complexity index is 3150. The van der Waals surface area contributed by atoms with E-state index in [0.717, 1.165) is 34.2 Å². The number of ether oxygens (including phenoxy) is 1. The summed E-state index contributed by atoms with van der Waals surface area (Å²) in [5.74, 6) is 1.75. The topological polar surface area (TPSA) is 15.7 Å². The minimum atomic E-state index is -0.377. The molecule has 3 nitrogen and oxygen atoms in total. The molecule has 3 heterocycles. The number of fused-ring (bicyclic) bond motifs is 12. The van der Waals surface area contributed by atoms with Crippen LogP contribution in [0.5, 0.6) is 11.5 Å². The van der Waals surface area contributed by atoms with Gasteiger partial charge in [0.2, 0.25) is 0 Å². The molecule has 1 aliphatic carbocycles.